The lowest BCUT2D eigenvalue weighted by Crippen LogP contribution is -2.39. The highest BCUT2D eigenvalue weighted by atomic mass is 16.2. The van der Waals surface area contributed by atoms with Crippen molar-refractivity contribution in [1.82, 2.24) is 0 Å². The fourth-order valence-electron chi connectivity index (χ4n) is 3.35. The topological polar surface area (TPSA) is 40.6 Å². The third kappa shape index (κ3) is 3.18. The van der Waals surface area contributed by atoms with Gasteiger partial charge in [0.15, 0.2) is 0 Å². The fraction of sp³-hybridized carbons (Fsp3) is 0.300. The normalized spacial score (nSPS) is 15.9. The summed E-state index contributed by atoms with van der Waals surface area (Å²) in [5, 5.41) is 0. The molecule has 0 bridgehead atoms. The Bertz CT molecular complexity index is 742. The van der Waals surface area contributed by atoms with Gasteiger partial charge in [0.2, 0.25) is 11.8 Å². The van der Waals surface area contributed by atoms with E-state index in [9.17, 15) is 9.59 Å². The molecule has 0 spiro atoms. The maximum atomic E-state index is 12.8. The lowest BCUT2D eigenvalue weighted by molar-refractivity contribution is -0.119. The summed E-state index contributed by atoms with van der Waals surface area (Å²) in [5.74, 6) is 0.0125. The fourth-order valence-corrected chi connectivity index (χ4v) is 3.35. The van der Waals surface area contributed by atoms with E-state index in [4.69, 9.17) is 0 Å². The molecule has 0 N–H and O–H groups in total. The van der Waals surface area contributed by atoms with Crippen LogP contribution < -0.4 is 9.80 Å². The molecule has 0 aliphatic carbocycles. The van der Waals surface area contributed by atoms with Gasteiger partial charge in [0.1, 0.15) is 0 Å². The number of fused-ring (bicyclic) bond motifs is 1. The quantitative estimate of drug-likeness (QED) is 0.865. The van der Waals surface area contributed by atoms with E-state index in [0.29, 0.717) is 13.0 Å². The van der Waals surface area contributed by atoms with Crippen LogP contribution in [0.3, 0.4) is 0 Å². The lowest BCUT2D eigenvalue weighted by Gasteiger charge is -2.25. The van der Waals surface area contributed by atoms with Crippen LogP contribution in [0.1, 0.15) is 25.8 Å². The third-order valence-electron chi connectivity index (χ3n) is 4.47. The Morgan fingerprint density at radius 2 is 1.75 bits per heavy atom. The molecule has 3 rings (SSSR count). The Kier molecular flexibility index (Phi) is 4.65. The minimum absolute atomic E-state index is 0.0520. The van der Waals surface area contributed by atoms with E-state index in [1.54, 1.807) is 4.90 Å². The second kappa shape index (κ2) is 6.87. The molecule has 0 aromatic heterocycles. The number of hydrogen-bond acceptors (Lipinski definition) is 2. The minimum Gasteiger partial charge on any atom is -0.312 e. The zero-order valence-electron chi connectivity index (χ0n) is 14.1. The lowest BCUT2D eigenvalue weighted by atomic mass is 10.1. The molecule has 1 unspecified atom stereocenters. The van der Waals surface area contributed by atoms with Gasteiger partial charge in [0.05, 0.1) is 0 Å². The number of amides is 2. The van der Waals surface area contributed by atoms with Gasteiger partial charge in [0.25, 0.3) is 0 Å². The molecular formula is C20H22N2O2. The first kappa shape index (κ1) is 16.2. The SMILES string of the molecule is CC(=O)N(CCC(=O)N1c2ccccc2CC1C)c1ccccc1. The number of para-hydroxylation sites is 2. The van der Waals surface area contributed by atoms with Crippen molar-refractivity contribution in [3.8, 4) is 0 Å². The van der Waals surface area contributed by atoms with Crippen LogP contribution >= 0.6 is 0 Å². The summed E-state index contributed by atoms with van der Waals surface area (Å²) < 4.78 is 0. The smallest absolute Gasteiger partial charge is 0.229 e. The first-order chi connectivity index (χ1) is 11.6. The Morgan fingerprint density at radius 1 is 1.08 bits per heavy atom. The predicted molar refractivity (Wildman–Crippen MR) is 96.2 cm³/mol. The monoisotopic (exact) mass is 322 g/mol. The van der Waals surface area contributed by atoms with Crippen LogP contribution in [0, 0.1) is 0 Å². The standard InChI is InChI=1S/C20H22N2O2/c1-15-14-17-8-6-7-11-19(17)22(15)20(24)12-13-21(16(2)23)18-9-4-3-5-10-18/h3-11,15H,12-14H2,1-2H3. The van der Waals surface area contributed by atoms with Crippen LogP contribution in [0.5, 0.6) is 0 Å². The number of carbonyl (C=O) groups excluding carboxylic acids is 2. The van der Waals surface area contributed by atoms with Gasteiger partial charge in [-0.1, -0.05) is 36.4 Å². The van der Waals surface area contributed by atoms with E-state index >= 15 is 0 Å². The molecule has 1 aliphatic rings. The van der Waals surface area contributed by atoms with Gasteiger partial charge in [-0.2, -0.15) is 0 Å². The molecule has 4 heteroatoms. The summed E-state index contributed by atoms with van der Waals surface area (Å²) in [6.07, 6.45) is 1.20. The highest BCUT2D eigenvalue weighted by Gasteiger charge is 2.30. The van der Waals surface area contributed by atoms with Gasteiger partial charge in [-0.3, -0.25) is 9.59 Å². The number of rotatable bonds is 4. The van der Waals surface area contributed by atoms with Gasteiger partial charge < -0.3 is 9.80 Å². The van der Waals surface area contributed by atoms with Crippen molar-refractivity contribution in [2.45, 2.75) is 32.7 Å². The molecule has 1 atom stereocenters. The van der Waals surface area contributed by atoms with Crippen molar-refractivity contribution in [3.05, 3.63) is 60.2 Å². The average Bonchev–Trinajstić information content (AvgIpc) is 2.91. The van der Waals surface area contributed by atoms with E-state index in [1.165, 1.54) is 12.5 Å². The maximum Gasteiger partial charge on any atom is 0.229 e. The van der Waals surface area contributed by atoms with Gasteiger partial charge in [0, 0.05) is 37.3 Å². The second-order valence-electron chi connectivity index (χ2n) is 6.20. The Labute approximate surface area is 142 Å². The van der Waals surface area contributed by atoms with Crippen molar-refractivity contribution >= 4 is 23.2 Å². The Morgan fingerprint density at radius 3 is 2.46 bits per heavy atom. The largest absolute Gasteiger partial charge is 0.312 e. The van der Waals surface area contributed by atoms with Crippen molar-refractivity contribution in [2.75, 3.05) is 16.3 Å². The van der Waals surface area contributed by atoms with Gasteiger partial charge >= 0.3 is 0 Å². The summed E-state index contributed by atoms with van der Waals surface area (Å²) in [5.41, 5.74) is 3.04. The van der Waals surface area contributed by atoms with Crippen molar-refractivity contribution < 1.29 is 9.59 Å². The van der Waals surface area contributed by atoms with Crippen molar-refractivity contribution in [1.29, 1.82) is 0 Å². The minimum atomic E-state index is -0.0520. The van der Waals surface area contributed by atoms with Crippen LogP contribution in [-0.2, 0) is 16.0 Å². The zero-order chi connectivity index (χ0) is 17.1. The van der Waals surface area contributed by atoms with Crippen LogP contribution in [0.15, 0.2) is 54.6 Å². The van der Waals surface area contributed by atoms with Gasteiger partial charge in [-0.15, -0.1) is 0 Å². The average molecular weight is 322 g/mol. The summed E-state index contributed by atoms with van der Waals surface area (Å²) in [7, 11) is 0. The second-order valence-corrected chi connectivity index (χ2v) is 6.20. The van der Waals surface area contributed by atoms with E-state index in [-0.39, 0.29) is 17.9 Å². The molecule has 0 saturated carbocycles. The highest BCUT2D eigenvalue weighted by molar-refractivity contribution is 5.98. The molecule has 4 nitrogen and oxygen atoms in total. The Balaban J connectivity index is 1.72. The summed E-state index contributed by atoms with van der Waals surface area (Å²) >= 11 is 0. The molecule has 124 valence electrons. The third-order valence-corrected chi connectivity index (χ3v) is 4.47. The molecule has 0 fully saturated rings. The molecule has 0 radical (unpaired) electrons. The molecule has 1 aliphatic heterocycles. The van der Waals surface area contributed by atoms with Crippen molar-refractivity contribution in [3.63, 3.8) is 0 Å². The molecule has 0 saturated heterocycles. The van der Waals surface area contributed by atoms with Crippen LogP contribution in [-0.4, -0.2) is 24.4 Å². The molecule has 24 heavy (non-hydrogen) atoms. The van der Waals surface area contributed by atoms with Gasteiger partial charge in [-0.25, -0.2) is 0 Å². The van der Waals surface area contributed by atoms with E-state index in [1.807, 2.05) is 53.4 Å². The summed E-state index contributed by atoms with van der Waals surface area (Å²) in [6, 6.07) is 17.7. The van der Waals surface area contributed by atoms with Gasteiger partial charge in [-0.05, 0) is 37.1 Å². The molecule has 2 aromatic carbocycles. The summed E-state index contributed by atoms with van der Waals surface area (Å²) in [6.45, 7) is 3.99. The van der Waals surface area contributed by atoms with E-state index in [2.05, 4.69) is 13.0 Å². The predicted octanol–water partition coefficient (Wildman–Crippen LogP) is 3.41. The van der Waals surface area contributed by atoms with Crippen LogP contribution in [0.25, 0.3) is 0 Å². The molecular weight excluding hydrogens is 300 g/mol. The molecule has 2 amide bonds. The maximum absolute atomic E-state index is 12.8. The Hall–Kier alpha value is -2.62. The summed E-state index contributed by atoms with van der Waals surface area (Å²) in [4.78, 5) is 28.2. The zero-order valence-corrected chi connectivity index (χ0v) is 14.1. The highest BCUT2D eigenvalue weighted by Crippen LogP contribution is 2.32. The first-order valence-corrected chi connectivity index (χ1v) is 8.31. The number of benzene rings is 2. The van der Waals surface area contributed by atoms with E-state index in [0.717, 1.165) is 17.8 Å². The van der Waals surface area contributed by atoms with Crippen molar-refractivity contribution in [2.24, 2.45) is 0 Å². The van der Waals surface area contributed by atoms with E-state index < -0.39 is 0 Å². The number of anilines is 2. The number of carbonyl (C=O) groups is 2. The number of nitrogens with zero attached hydrogens (tertiary/aromatic N) is 2. The molecule has 1 heterocycles. The first-order valence-electron chi connectivity index (χ1n) is 8.31. The van der Waals surface area contributed by atoms with Crippen LogP contribution in [0.4, 0.5) is 11.4 Å². The van der Waals surface area contributed by atoms with Crippen LogP contribution in [0.2, 0.25) is 0 Å². The molecule has 2 aromatic rings. The number of hydrogen-bond donors (Lipinski definition) is 0.